The lowest BCUT2D eigenvalue weighted by Crippen LogP contribution is -1.96. The average Bonchev–Trinajstić information content (AvgIpc) is 3.74. The molecular formula is C57H35N3S. The van der Waals surface area contributed by atoms with Crippen LogP contribution in [0.2, 0.25) is 0 Å². The van der Waals surface area contributed by atoms with Gasteiger partial charge in [-0.15, -0.1) is 11.3 Å². The van der Waals surface area contributed by atoms with E-state index in [0.717, 1.165) is 61.4 Å². The van der Waals surface area contributed by atoms with Gasteiger partial charge in [0.25, 0.3) is 0 Å². The third-order valence-corrected chi connectivity index (χ3v) is 13.0. The fourth-order valence-corrected chi connectivity index (χ4v) is 10.1. The Balaban J connectivity index is 1.02. The highest BCUT2D eigenvalue weighted by molar-refractivity contribution is 7.26. The van der Waals surface area contributed by atoms with E-state index in [1.165, 1.54) is 52.8 Å². The molecule has 0 amide bonds. The molecule has 284 valence electrons. The maximum atomic E-state index is 5.55. The minimum atomic E-state index is 0.698. The van der Waals surface area contributed by atoms with Crippen molar-refractivity contribution in [1.29, 1.82) is 0 Å². The molecule has 4 heteroatoms. The van der Waals surface area contributed by atoms with Crippen LogP contribution in [0, 0.1) is 0 Å². The number of rotatable bonds is 6. The Labute approximate surface area is 356 Å². The highest BCUT2D eigenvalue weighted by Crippen LogP contribution is 2.44. The van der Waals surface area contributed by atoms with Crippen LogP contribution in [0.4, 0.5) is 0 Å². The lowest BCUT2D eigenvalue weighted by Gasteiger charge is -2.13. The Hall–Kier alpha value is -7.79. The van der Waals surface area contributed by atoms with Crippen LogP contribution in [0.5, 0.6) is 0 Å². The molecule has 3 heterocycles. The highest BCUT2D eigenvalue weighted by Gasteiger charge is 2.19. The number of hydrogen-bond acceptors (Lipinski definition) is 4. The van der Waals surface area contributed by atoms with Gasteiger partial charge in [-0.3, -0.25) is 0 Å². The minimum Gasteiger partial charge on any atom is -0.246 e. The molecule has 0 N–H and O–H groups in total. The molecule has 3 nitrogen and oxygen atoms in total. The Morgan fingerprint density at radius 3 is 1.74 bits per heavy atom. The van der Waals surface area contributed by atoms with E-state index in [0.29, 0.717) is 5.82 Å². The van der Waals surface area contributed by atoms with Crippen molar-refractivity contribution in [3.8, 4) is 67.4 Å². The van der Waals surface area contributed by atoms with Crippen molar-refractivity contribution in [2.24, 2.45) is 0 Å². The number of nitrogens with zero attached hydrogens (tertiary/aromatic N) is 3. The summed E-state index contributed by atoms with van der Waals surface area (Å²) in [6.45, 7) is 0. The number of aromatic nitrogens is 3. The Morgan fingerprint density at radius 1 is 0.328 bits per heavy atom. The van der Waals surface area contributed by atoms with E-state index in [4.69, 9.17) is 15.0 Å². The first-order chi connectivity index (χ1) is 30.2. The summed E-state index contributed by atoms with van der Waals surface area (Å²) < 4.78 is 2.43. The summed E-state index contributed by atoms with van der Waals surface area (Å²) in [5, 5.41) is 8.70. The summed E-state index contributed by atoms with van der Waals surface area (Å²) in [4.78, 5) is 15.8. The van der Waals surface area contributed by atoms with Gasteiger partial charge in [-0.1, -0.05) is 176 Å². The van der Waals surface area contributed by atoms with E-state index < -0.39 is 0 Å². The van der Waals surface area contributed by atoms with E-state index in [1.807, 2.05) is 35.6 Å². The predicted octanol–water partition coefficient (Wildman–Crippen LogP) is 15.7. The summed E-state index contributed by atoms with van der Waals surface area (Å²) >= 11 is 1.81. The van der Waals surface area contributed by atoms with Crippen molar-refractivity contribution in [1.82, 2.24) is 15.0 Å². The summed E-state index contributed by atoms with van der Waals surface area (Å²) in [5.74, 6) is 0.698. The first-order valence-electron chi connectivity index (χ1n) is 20.6. The molecule has 0 spiro atoms. The number of benzene rings is 9. The van der Waals surface area contributed by atoms with Gasteiger partial charge in [-0.2, -0.15) is 0 Å². The monoisotopic (exact) mass is 793 g/mol. The third-order valence-electron chi connectivity index (χ3n) is 11.8. The fourth-order valence-electron chi connectivity index (χ4n) is 8.92. The van der Waals surface area contributed by atoms with Crippen molar-refractivity contribution in [2.75, 3.05) is 0 Å². The second kappa shape index (κ2) is 14.5. The van der Waals surface area contributed by atoms with Gasteiger partial charge in [0.15, 0.2) is 5.82 Å². The number of thiophene rings is 1. The highest BCUT2D eigenvalue weighted by atomic mass is 32.1. The maximum absolute atomic E-state index is 5.55. The van der Waals surface area contributed by atoms with Crippen LogP contribution >= 0.6 is 11.3 Å². The standard InChI is InChI=1S/C57H35N3S/c1-3-15-36(16-4-1)50-35-51(60-57(59-50)37-17-5-2-6-18-37)42-22-14-23-43(32-42)55-56-54(48-27-11-12-28-53(48)61-56)47-30-29-39(34-52(47)58-55)38-20-13-21-40(31-38)49-33-41-19-7-8-24-44(41)45-25-9-10-26-46(45)49/h1-35H. The molecule has 0 fully saturated rings. The van der Waals surface area contributed by atoms with Crippen LogP contribution in [0.3, 0.4) is 0 Å². The predicted molar refractivity (Wildman–Crippen MR) is 258 cm³/mol. The van der Waals surface area contributed by atoms with Crippen molar-refractivity contribution >= 4 is 64.0 Å². The van der Waals surface area contributed by atoms with Crippen molar-refractivity contribution < 1.29 is 0 Å². The van der Waals surface area contributed by atoms with E-state index >= 15 is 0 Å². The van der Waals surface area contributed by atoms with Crippen LogP contribution in [-0.4, -0.2) is 15.0 Å². The molecule has 0 radical (unpaired) electrons. The van der Waals surface area contributed by atoms with E-state index in [2.05, 4.69) is 188 Å². The van der Waals surface area contributed by atoms with Gasteiger partial charge < -0.3 is 0 Å². The number of pyridine rings is 1. The minimum absolute atomic E-state index is 0.698. The zero-order chi connectivity index (χ0) is 40.3. The molecule has 12 aromatic rings. The van der Waals surface area contributed by atoms with Crippen LogP contribution in [-0.2, 0) is 0 Å². The van der Waals surface area contributed by atoms with Crippen LogP contribution < -0.4 is 0 Å². The average molecular weight is 794 g/mol. The molecule has 0 unspecified atom stereocenters. The van der Waals surface area contributed by atoms with Gasteiger partial charge in [-0.05, 0) is 80.2 Å². The first kappa shape index (κ1) is 35.2. The Morgan fingerprint density at radius 2 is 0.918 bits per heavy atom. The molecule has 9 aromatic carbocycles. The lowest BCUT2D eigenvalue weighted by atomic mass is 9.91. The smallest absolute Gasteiger partial charge is 0.160 e. The normalized spacial score (nSPS) is 11.6. The molecule has 0 saturated carbocycles. The molecule has 0 bridgehead atoms. The number of fused-ring (bicyclic) bond motifs is 8. The quantitative estimate of drug-likeness (QED) is 0.157. The molecule has 0 aliphatic rings. The van der Waals surface area contributed by atoms with Gasteiger partial charge in [-0.25, -0.2) is 15.0 Å². The van der Waals surface area contributed by atoms with E-state index in [9.17, 15) is 0 Å². The summed E-state index contributed by atoms with van der Waals surface area (Å²) in [5.41, 5.74) is 12.5. The van der Waals surface area contributed by atoms with Crippen molar-refractivity contribution in [3.05, 3.63) is 212 Å². The van der Waals surface area contributed by atoms with Crippen molar-refractivity contribution in [2.45, 2.75) is 0 Å². The SMILES string of the molecule is c1ccc(-c2cc(-c3cccc(-c4nc5cc(-c6cccc(-c7cc8ccccc8c8ccccc78)c6)ccc5c5c4sc4ccccc45)c3)nc(-c3ccccc3)n2)cc1. The van der Waals surface area contributed by atoms with Crippen LogP contribution in [0.25, 0.3) is 120 Å². The summed E-state index contributed by atoms with van der Waals surface area (Å²) in [6.07, 6.45) is 0. The van der Waals surface area contributed by atoms with Gasteiger partial charge in [0, 0.05) is 43.1 Å². The Kier molecular flexibility index (Phi) is 8.36. The Bertz CT molecular complexity index is 3590. The first-order valence-corrected chi connectivity index (χ1v) is 21.4. The summed E-state index contributed by atoms with van der Waals surface area (Å²) in [7, 11) is 0. The van der Waals surface area contributed by atoms with Gasteiger partial charge in [0.1, 0.15) is 0 Å². The molecule has 3 aromatic heterocycles. The van der Waals surface area contributed by atoms with Crippen LogP contribution in [0.1, 0.15) is 0 Å². The lowest BCUT2D eigenvalue weighted by molar-refractivity contribution is 1.18. The second-order valence-corrected chi connectivity index (χ2v) is 16.6. The van der Waals surface area contributed by atoms with E-state index in [-0.39, 0.29) is 0 Å². The molecule has 0 atom stereocenters. The molecule has 12 rings (SSSR count). The largest absolute Gasteiger partial charge is 0.246 e. The zero-order valence-corrected chi connectivity index (χ0v) is 33.8. The molecule has 61 heavy (non-hydrogen) atoms. The number of hydrogen-bond donors (Lipinski definition) is 0. The topological polar surface area (TPSA) is 38.7 Å². The fraction of sp³-hybridized carbons (Fsp3) is 0. The van der Waals surface area contributed by atoms with Crippen molar-refractivity contribution in [3.63, 3.8) is 0 Å². The summed E-state index contributed by atoms with van der Waals surface area (Å²) in [6, 6.07) is 75.6. The maximum Gasteiger partial charge on any atom is 0.160 e. The van der Waals surface area contributed by atoms with Crippen LogP contribution in [0.15, 0.2) is 212 Å². The molecule has 0 aliphatic carbocycles. The van der Waals surface area contributed by atoms with Gasteiger partial charge >= 0.3 is 0 Å². The molecule has 0 aliphatic heterocycles. The third kappa shape index (κ3) is 6.16. The zero-order valence-electron chi connectivity index (χ0n) is 33.0. The van der Waals surface area contributed by atoms with E-state index in [1.54, 1.807) is 0 Å². The molecular weight excluding hydrogens is 759 g/mol. The molecule has 0 saturated heterocycles. The van der Waals surface area contributed by atoms with Gasteiger partial charge in [0.2, 0.25) is 0 Å². The second-order valence-electron chi connectivity index (χ2n) is 15.5. The van der Waals surface area contributed by atoms with Gasteiger partial charge in [0.05, 0.1) is 27.3 Å².